The van der Waals surface area contributed by atoms with E-state index in [1.54, 1.807) is 11.5 Å². The summed E-state index contributed by atoms with van der Waals surface area (Å²) in [6.45, 7) is 2.63. The highest BCUT2D eigenvalue weighted by Gasteiger charge is 2.27. The average molecular weight is 404 g/mol. The molecule has 1 aliphatic rings. The fourth-order valence-corrected chi connectivity index (χ4v) is 3.15. The first-order valence-corrected chi connectivity index (χ1v) is 8.80. The van der Waals surface area contributed by atoms with Crippen molar-refractivity contribution in [3.8, 4) is 11.8 Å². The molecule has 12 heteroatoms. The van der Waals surface area contributed by atoms with E-state index >= 15 is 0 Å². The third-order valence-electron chi connectivity index (χ3n) is 4.63. The van der Waals surface area contributed by atoms with Crippen LogP contribution in [0.2, 0.25) is 0 Å². The summed E-state index contributed by atoms with van der Waals surface area (Å²) in [7, 11) is 1.19. The summed E-state index contributed by atoms with van der Waals surface area (Å²) in [6.07, 6.45) is -1.00. The van der Waals surface area contributed by atoms with Crippen LogP contribution in [0.15, 0.2) is 9.59 Å². The molecule has 1 fully saturated rings. The predicted octanol–water partition coefficient (Wildman–Crippen LogP) is -1.12. The lowest BCUT2D eigenvalue weighted by Crippen LogP contribution is -2.49. The summed E-state index contributed by atoms with van der Waals surface area (Å²) in [5.74, 6) is 5.33. The second-order valence-electron chi connectivity index (χ2n) is 6.28. The van der Waals surface area contributed by atoms with Crippen LogP contribution < -0.4 is 16.1 Å². The molecular weight excluding hydrogens is 384 g/mol. The molecule has 12 nitrogen and oxygen atoms in total. The van der Waals surface area contributed by atoms with Gasteiger partial charge in [0, 0.05) is 26.2 Å². The van der Waals surface area contributed by atoms with Crippen molar-refractivity contribution >= 4 is 29.2 Å². The first-order valence-electron chi connectivity index (χ1n) is 8.80. The summed E-state index contributed by atoms with van der Waals surface area (Å²) >= 11 is 0. The standard InChI is InChI=1S/C17H20N6O6/c1-3-4-5-22-12-13(23(10-11(24)29-2)16(26)19-14(12)25)18-15(22)20-6-8-21(9-7-20)17(27)28/h5-10H2,1-2H3,(H,27,28)(H,19,25,26). The van der Waals surface area contributed by atoms with Gasteiger partial charge in [0.1, 0.15) is 6.54 Å². The minimum atomic E-state index is -1.00. The number of esters is 1. The van der Waals surface area contributed by atoms with Crippen molar-refractivity contribution in [1.29, 1.82) is 0 Å². The molecule has 1 amide bonds. The molecule has 3 rings (SSSR count). The Hall–Kier alpha value is -3.75. The number of hydrogen-bond acceptors (Lipinski definition) is 7. The molecular formula is C17H20N6O6. The van der Waals surface area contributed by atoms with E-state index in [-0.39, 0.29) is 30.8 Å². The number of carbonyl (C=O) groups excluding carboxylic acids is 1. The third-order valence-corrected chi connectivity index (χ3v) is 4.63. The Balaban J connectivity index is 2.15. The van der Waals surface area contributed by atoms with Gasteiger partial charge in [0.05, 0.1) is 13.7 Å². The van der Waals surface area contributed by atoms with Gasteiger partial charge in [-0.2, -0.15) is 4.98 Å². The second-order valence-corrected chi connectivity index (χ2v) is 6.28. The number of nitrogens with zero attached hydrogens (tertiary/aromatic N) is 5. The Morgan fingerprint density at radius 1 is 1.21 bits per heavy atom. The van der Waals surface area contributed by atoms with E-state index in [4.69, 9.17) is 5.11 Å². The Morgan fingerprint density at radius 2 is 1.90 bits per heavy atom. The molecule has 0 spiro atoms. The lowest BCUT2D eigenvalue weighted by Gasteiger charge is -2.33. The van der Waals surface area contributed by atoms with Crippen molar-refractivity contribution in [2.45, 2.75) is 20.0 Å². The summed E-state index contributed by atoms with van der Waals surface area (Å²) < 4.78 is 7.22. The molecule has 2 aromatic heterocycles. The molecule has 0 bridgehead atoms. The lowest BCUT2D eigenvalue weighted by molar-refractivity contribution is -0.141. The highest BCUT2D eigenvalue weighted by molar-refractivity contribution is 5.77. The number of anilines is 1. The monoisotopic (exact) mass is 404 g/mol. The molecule has 2 N–H and O–H groups in total. The number of piperazine rings is 1. The van der Waals surface area contributed by atoms with Crippen LogP contribution in [0.25, 0.3) is 11.2 Å². The number of carboxylic acid groups (broad SMARTS) is 1. The van der Waals surface area contributed by atoms with Crippen LogP contribution in [0.5, 0.6) is 0 Å². The van der Waals surface area contributed by atoms with Gasteiger partial charge in [0.25, 0.3) is 5.56 Å². The Kier molecular flexibility index (Phi) is 5.58. The number of hydrogen-bond donors (Lipinski definition) is 2. The first-order chi connectivity index (χ1) is 13.9. The summed E-state index contributed by atoms with van der Waals surface area (Å²) in [4.78, 5) is 57.4. The van der Waals surface area contributed by atoms with Crippen LogP contribution >= 0.6 is 0 Å². The highest BCUT2D eigenvalue weighted by atomic mass is 16.5. The fraction of sp³-hybridized carbons (Fsp3) is 0.471. The first kappa shape index (κ1) is 20.0. The molecule has 1 saturated heterocycles. The maximum Gasteiger partial charge on any atom is 0.407 e. The fourth-order valence-electron chi connectivity index (χ4n) is 3.15. The van der Waals surface area contributed by atoms with E-state index < -0.39 is 29.9 Å². The molecule has 2 aromatic rings. The zero-order valence-corrected chi connectivity index (χ0v) is 16.0. The summed E-state index contributed by atoms with van der Waals surface area (Å²) in [5, 5.41) is 9.13. The zero-order chi connectivity index (χ0) is 21.1. The van der Waals surface area contributed by atoms with E-state index in [0.29, 0.717) is 19.0 Å². The molecule has 0 atom stereocenters. The molecule has 3 heterocycles. The number of aromatic nitrogens is 4. The van der Waals surface area contributed by atoms with Crippen molar-refractivity contribution in [2.24, 2.45) is 0 Å². The topological polar surface area (TPSA) is 143 Å². The normalized spacial score (nSPS) is 13.9. The highest BCUT2D eigenvalue weighted by Crippen LogP contribution is 2.21. The van der Waals surface area contributed by atoms with Crippen molar-refractivity contribution in [3.63, 3.8) is 0 Å². The van der Waals surface area contributed by atoms with Gasteiger partial charge in [0.2, 0.25) is 5.95 Å². The van der Waals surface area contributed by atoms with Crippen molar-refractivity contribution in [3.05, 3.63) is 20.8 Å². The molecule has 0 aromatic carbocycles. The number of amides is 1. The molecule has 0 saturated carbocycles. The van der Waals surface area contributed by atoms with Crippen LogP contribution in [0.3, 0.4) is 0 Å². The van der Waals surface area contributed by atoms with E-state index in [1.165, 1.54) is 12.0 Å². The van der Waals surface area contributed by atoms with Gasteiger partial charge in [-0.1, -0.05) is 5.92 Å². The Labute approximate surface area is 164 Å². The third kappa shape index (κ3) is 3.79. The van der Waals surface area contributed by atoms with Gasteiger partial charge in [-0.3, -0.25) is 23.7 Å². The maximum absolute atomic E-state index is 12.5. The number of carbonyl (C=O) groups is 2. The minimum absolute atomic E-state index is 0.0396. The van der Waals surface area contributed by atoms with Crippen molar-refractivity contribution < 1.29 is 19.4 Å². The Morgan fingerprint density at radius 3 is 2.48 bits per heavy atom. The van der Waals surface area contributed by atoms with Gasteiger partial charge in [-0.25, -0.2) is 9.59 Å². The largest absolute Gasteiger partial charge is 0.468 e. The van der Waals surface area contributed by atoms with Crippen LogP contribution in [0.1, 0.15) is 6.92 Å². The van der Waals surface area contributed by atoms with Gasteiger partial charge in [-0.05, 0) is 6.92 Å². The van der Waals surface area contributed by atoms with E-state index in [9.17, 15) is 19.2 Å². The minimum Gasteiger partial charge on any atom is -0.468 e. The molecule has 0 unspecified atom stereocenters. The predicted molar refractivity (Wildman–Crippen MR) is 102 cm³/mol. The molecule has 0 aliphatic carbocycles. The number of rotatable bonds is 4. The van der Waals surface area contributed by atoms with Crippen LogP contribution in [0.4, 0.5) is 10.7 Å². The van der Waals surface area contributed by atoms with E-state index in [0.717, 1.165) is 4.57 Å². The number of imidazole rings is 1. The van der Waals surface area contributed by atoms with Crippen molar-refractivity contribution in [1.82, 2.24) is 24.0 Å². The van der Waals surface area contributed by atoms with E-state index in [1.807, 2.05) is 4.90 Å². The molecule has 29 heavy (non-hydrogen) atoms. The number of fused-ring (bicyclic) bond motifs is 1. The number of aromatic amines is 1. The lowest BCUT2D eigenvalue weighted by atomic mass is 10.3. The number of methoxy groups -OCH3 is 1. The van der Waals surface area contributed by atoms with Gasteiger partial charge >= 0.3 is 17.8 Å². The number of nitrogens with one attached hydrogen (secondary N) is 1. The average Bonchev–Trinajstić information content (AvgIpc) is 3.09. The number of H-pyrrole nitrogens is 1. The Bertz CT molecular complexity index is 1130. The maximum atomic E-state index is 12.5. The smallest absolute Gasteiger partial charge is 0.407 e. The molecule has 154 valence electrons. The van der Waals surface area contributed by atoms with Gasteiger partial charge in [-0.15, -0.1) is 5.92 Å². The summed E-state index contributed by atoms with van der Waals surface area (Å²) in [5.41, 5.74) is -1.28. The van der Waals surface area contributed by atoms with Gasteiger partial charge < -0.3 is 19.6 Å². The second kappa shape index (κ2) is 8.09. The van der Waals surface area contributed by atoms with Crippen molar-refractivity contribution in [2.75, 3.05) is 38.2 Å². The summed E-state index contributed by atoms with van der Waals surface area (Å²) in [6, 6.07) is 0. The number of ether oxygens (including phenoxy) is 1. The van der Waals surface area contributed by atoms with Crippen LogP contribution in [0, 0.1) is 11.8 Å². The van der Waals surface area contributed by atoms with E-state index in [2.05, 4.69) is 26.5 Å². The zero-order valence-electron chi connectivity index (χ0n) is 16.0. The quantitative estimate of drug-likeness (QED) is 0.482. The van der Waals surface area contributed by atoms with Crippen LogP contribution in [-0.2, 0) is 22.6 Å². The van der Waals surface area contributed by atoms with Gasteiger partial charge in [0.15, 0.2) is 11.2 Å². The SMILES string of the molecule is CC#CCn1c(N2CCN(C(=O)O)CC2)nc2c1c(=O)[nH]c(=O)n2CC(=O)OC. The van der Waals surface area contributed by atoms with Crippen LogP contribution in [-0.4, -0.2) is 74.5 Å². The molecule has 1 aliphatic heterocycles. The molecule has 0 radical (unpaired) electrons.